The van der Waals surface area contributed by atoms with Crippen LogP contribution < -0.4 is 5.32 Å². The van der Waals surface area contributed by atoms with E-state index >= 15 is 0 Å². The summed E-state index contributed by atoms with van der Waals surface area (Å²) in [5.74, 6) is 1.40. The van der Waals surface area contributed by atoms with Crippen LogP contribution in [-0.4, -0.2) is 78.9 Å². The van der Waals surface area contributed by atoms with Gasteiger partial charge in [-0.25, -0.2) is 12.7 Å². The molecular weight excluding hydrogens is 479 g/mol. The van der Waals surface area contributed by atoms with Gasteiger partial charge in [-0.05, 0) is 25.3 Å². The predicted molar refractivity (Wildman–Crippen MR) is 120 cm³/mol. The number of hydrogen-bond donors (Lipinski definition) is 1. The molecule has 1 aliphatic rings. The number of hydrogen-bond acceptors (Lipinski definition) is 4. The minimum Gasteiger partial charge on any atom is -0.357 e. The highest BCUT2D eigenvalue weighted by Gasteiger charge is 2.26. The van der Waals surface area contributed by atoms with Gasteiger partial charge in [-0.3, -0.25) is 9.67 Å². The van der Waals surface area contributed by atoms with E-state index in [0.717, 1.165) is 38.4 Å². The van der Waals surface area contributed by atoms with Crippen molar-refractivity contribution in [1.82, 2.24) is 24.3 Å². The van der Waals surface area contributed by atoms with E-state index in [4.69, 9.17) is 4.99 Å². The number of aryl methyl sites for hydroxylation is 1. The highest BCUT2D eigenvalue weighted by atomic mass is 127. The van der Waals surface area contributed by atoms with Gasteiger partial charge >= 0.3 is 0 Å². The molecule has 156 valence electrons. The van der Waals surface area contributed by atoms with Crippen molar-refractivity contribution in [2.45, 2.75) is 32.6 Å². The van der Waals surface area contributed by atoms with Crippen molar-refractivity contribution in [3.05, 3.63) is 18.0 Å². The summed E-state index contributed by atoms with van der Waals surface area (Å²) in [6.45, 7) is 8.26. The zero-order valence-corrected chi connectivity index (χ0v) is 19.9. The van der Waals surface area contributed by atoms with Crippen molar-refractivity contribution in [2.75, 3.05) is 45.5 Å². The first-order valence-corrected chi connectivity index (χ1v) is 11.2. The van der Waals surface area contributed by atoms with Gasteiger partial charge in [0.2, 0.25) is 10.0 Å². The van der Waals surface area contributed by atoms with E-state index in [0.29, 0.717) is 25.6 Å². The molecule has 1 aromatic heterocycles. The van der Waals surface area contributed by atoms with Crippen LogP contribution in [0.2, 0.25) is 0 Å². The molecule has 1 atom stereocenters. The molecule has 1 unspecified atom stereocenters. The summed E-state index contributed by atoms with van der Waals surface area (Å²) in [5, 5.41) is 7.63. The average molecular weight is 512 g/mol. The molecule has 27 heavy (non-hydrogen) atoms. The normalized spacial score (nSPS) is 18.0. The molecule has 0 radical (unpaired) electrons. The van der Waals surface area contributed by atoms with Crippen LogP contribution in [0.5, 0.6) is 0 Å². The molecule has 0 amide bonds. The Bertz CT molecular complexity index is 706. The molecule has 1 saturated heterocycles. The number of likely N-dealkylation sites (tertiary alicyclic amines) is 1. The van der Waals surface area contributed by atoms with Gasteiger partial charge in [0, 0.05) is 58.4 Å². The van der Waals surface area contributed by atoms with Gasteiger partial charge in [0.05, 0.1) is 12.5 Å². The van der Waals surface area contributed by atoms with Crippen LogP contribution in [0.3, 0.4) is 0 Å². The summed E-state index contributed by atoms with van der Waals surface area (Å²) in [7, 11) is -1.18. The Morgan fingerprint density at radius 2 is 2.19 bits per heavy atom. The Morgan fingerprint density at radius 3 is 2.74 bits per heavy atom. The van der Waals surface area contributed by atoms with Crippen LogP contribution >= 0.6 is 24.0 Å². The predicted octanol–water partition coefficient (Wildman–Crippen LogP) is 1.46. The van der Waals surface area contributed by atoms with Crippen LogP contribution in [0.15, 0.2) is 17.4 Å². The third-order valence-electron chi connectivity index (χ3n) is 4.67. The summed E-state index contributed by atoms with van der Waals surface area (Å²) in [4.78, 5) is 6.99. The van der Waals surface area contributed by atoms with E-state index in [9.17, 15) is 8.42 Å². The van der Waals surface area contributed by atoms with E-state index in [1.165, 1.54) is 16.1 Å². The van der Waals surface area contributed by atoms with Gasteiger partial charge in [0.15, 0.2) is 5.96 Å². The lowest BCUT2D eigenvalue weighted by Gasteiger charge is -2.22. The first kappa shape index (κ1) is 24.2. The second-order valence-electron chi connectivity index (χ2n) is 6.72. The smallest absolute Gasteiger partial charge is 0.211 e. The maximum atomic E-state index is 11.6. The van der Waals surface area contributed by atoms with Crippen molar-refractivity contribution in [1.29, 1.82) is 0 Å². The highest BCUT2D eigenvalue weighted by Crippen LogP contribution is 2.26. The van der Waals surface area contributed by atoms with Crippen molar-refractivity contribution in [3.8, 4) is 0 Å². The fourth-order valence-electron chi connectivity index (χ4n) is 3.29. The number of aromatic nitrogens is 2. The number of aliphatic imine (C=N–C) groups is 1. The molecule has 1 aliphatic heterocycles. The Labute approximate surface area is 180 Å². The maximum Gasteiger partial charge on any atom is 0.211 e. The molecule has 0 aromatic carbocycles. The van der Waals surface area contributed by atoms with E-state index < -0.39 is 10.0 Å². The van der Waals surface area contributed by atoms with Crippen LogP contribution in [0.4, 0.5) is 0 Å². The van der Waals surface area contributed by atoms with Gasteiger partial charge in [-0.1, -0.05) is 6.92 Å². The largest absolute Gasteiger partial charge is 0.357 e. The Hall–Kier alpha value is -0.880. The summed E-state index contributed by atoms with van der Waals surface area (Å²) in [6, 6.07) is 0. The third kappa shape index (κ3) is 7.22. The summed E-state index contributed by atoms with van der Waals surface area (Å²) < 4.78 is 26.6. The average Bonchev–Trinajstić information content (AvgIpc) is 3.21. The molecule has 0 saturated carbocycles. The maximum absolute atomic E-state index is 11.6. The molecular formula is C17H33IN6O2S. The minimum absolute atomic E-state index is 0. The molecule has 1 fully saturated rings. The van der Waals surface area contributed by atoms with Crippen molar-refractivity contribution in [2.24, 2.45) is 12.0 Å². The topological polar surface area (TPSA) is 82.8 Å². The summed E-state index contributed by atoms with van der Waals surface area (Å²) >= 11 is 0. The first-order valence-electron chi connectivity index (χ1n) is 9.32. The SMILES string of the molecule is CCNC(=NCCCN(CC)S(C)(=O)=O)N1CCC(c2cnn(C)c2)C1.I. The zero-order chi connectivity index (χ0) is 19.2. The number of nitrogens with zero attached hydrogens (tertiary/aromatic N) is 5. The lowest BCUT2D eigenvalue weighted by atomic mass is 10.0. The van der Waals surface area contributed by atoms with Crippen molar-refractivity contribution >= 4 is 40.0 Å². The molecule has 1 N–H and O–H groups in total. The number of nitrogens with one attached hydrogen (secondary N) is 1. The van der Waals surface area contributed by atoms with E-state index in [-0.39, 0.29) is 24.0 Å². The summed E-state index contributed by atoms with van der Waals surface area (Å²) in [5.41, 5.74) is 1.28. The number of guanidine groups is 1. The Morgan fingerprint density at radius 1 is 1.44 bits per heavy atom. The van der Waals surface area contributed by atoms with Crippen LogP contribution in [0.1, 0.15) is 38.2 Å². The quantitative estimate of drug-likeness (QED) is 0.247. The standard InChI is InChI=1S/C17H32N6O2S.HI/c1-5-18-17(19-9-7-10-23(6-2)26(4,24)25)22-11-8-15(14-22)16-12-20-21(3)13-16;/h12-13,15H,5-11,14H2,1-4H3,(H,18,19);1H. The van der Waals surface area contributed by atoms with Crippen LogP contribution in [0, 0.1) is 0 Å². The van der Waals surface area contributed by atoms with E-state index in [1.807, 2.05) is 24.9 Å². The van der Waals surface area contributed by atoms with E-state index in [1.54, 1.807) is 0 Å². The van der Waals surface area contributed by atoms with Gasteiger partial charge in [0.1, 0.15) is 0 Å². The number of halogens is 1. The second kappa shape index (κ2) is 11.2. The van der Waals surface area contributed by atoms with Crippen LogP contribution in [-0.2, 0) is 17.1 Å². The van der Waals surface area contributed by atoms with Gasteiger partial charge in [-0.2, -0.15) is 5.10 Å². The monoisotopic (exact) mass is 512 g/mol. The first-order chi connectivity index (χ1) is 12.3. The molecule has 0 spiro atoms. The second-order valence-corrected chi connectivity index (χ2v) is 8.71. The summed E-state index contributed by atoms with van der Waals surface area (Å²) in [6.07, 6.45) is 7.10. The van der Waals surface area contributed by atoms with Gasteiger partial charge in [0.25, 0.3) is 0 Å². The Balaban J connectivity index is 0.00000364. The van der Waals surface area contributed by atoms with Crippen molar-refractivity contribution < 1.29 is 8.42 Å². The molecule has 8 nitrogen and oxygen atoms in total. The lowest BCUT2D eigenvalue weighted by Crippen LogP contribution is -2.40. The molecule has 0 bridgehead atoms. The molecule has 0 aliphatic carbocycles. The Kier molecular flexibility index (Phi) is 10.0. The zero-order valence-electron chi connectivity index (χ0n) is 16.8. The lowest BCUT2D eigenvalue weighted by molar-refractivity contribution is 0.425. The fourth-order valence-corrected chi connectivity index (χ4v) is 4.22. The van der Waals surface area contributed by atoms with Crippen molar-refractivity contribution in [3.63, 3.8) is 0 Å². The number of sulfonamides is 1. The fraction of sp³-hybridized carbons (Fsp3) is 0.765. The highest BCUT2D eigenvalue weighted by molar-refractivity contribution is 14.0. The van der Waals surface area contributed by atoms with Gasteiger partial charge < -0.3 is 10.2 Å². The van der Waals surface area contributed by atoms with E-state index in [2.05, 4.69) is 28.4 Å². The molecule has 2 heterocycles. The molecule has 10 heteroatoms. The molecule has 2 rings (SSSR count). The number of rotatable bonds is 8. The van der Waals surface area contributed by atoms with Crippen LogP contribution in [0.25, 0.3) is 0 Å². The molecule has 1 aromatic rings. The minimum atomic E-state index is -3.13. The third-order valence-corrected chi connectivity index (χ3v) is 6.05. The van der Waals surface area contributed by atoms with Gasteiger partial charge in [-0.15, -0.1) is 24.0 Å².